The molecule has 6 nitrogen and oxygen atoms in total. The van der Waals surface area contributed by atoms with Gasteiger partial charge in [-0.05, 0) is 37.1 Å². The minimum Gasteiger partial charge on any atom is -0.465 e. The molecule has 1 N–H and O–H groups in total. The number of hydrogen-bond donors (Lipinski definition) is 1. The van der Waals surface area contributed by atoms with Crippen LogP contribution in [0.3, 0.4) is 0 Å². The van der Waals surface area contributed by atoms with Crippen LogP contribution in [0.4, 0.5) is 23.0 Å². The molecule has 0 saturated heterocycles. The van der Waals surface area contributed by atoms with Crippen LogP contribution >= 0.6 is 0 Å². The summed E-state index contributed by atoms with van der Waals surface area (Å²) in [5.74, 6) is 1.04. The Morgan fingerprint density at radius 2 is 1.93 bits per heavy atom. The third-order valence-electron chi connectivity index (χ3n) is 4.70. The van der Waals surface area contributed by atoms with Crippen molar-refractivity contribution in [1.29, 1.82) is 0 Å². The van der Waals surface area contributed by atoms with E-state index in [1.165, 1.54) is 24.7 Å². The van der Waals surface area contributed by atoms with Crippen molar-refractivity contribution in [2.24, 2.45) is 0 Å². The van der Waals surface area contributed by atoms with Crippen molar-refractivity contribution in [3.63, 3.8) is 0 Å². The zero-order chi connectivity index (χ0) is 18.8. The highest BCUT2D eigenvalue weighted by Gasteiger charge is 2.27. The second kappa shape index (κ2) is 7.07. The van der Waals surface area contributed by atoms with Crippen LogP contribution in [0.1, 0.15) is 22.8 Å². The highest BCUT2D eigenvalue weighted by atomic mass is 16.5. The molecule has 27 heavy (non-hydrogen) atoms. The lowest BCUT2D eigenvalue weighted by molar-refractivity contribution is 0.0602. The standard InChI is InChI=1S/C21H20N4O2/c1-14-11-15-7-3-6-10-18(15)25(14)20-12-19(22-13-23-20)24-17-9-5-4-8-16(17)21(26)27-2/h3-10,12-14H,11H2,1-2H3,(H,22,23,24). The van der Waals surface area contributed by atoms with Crippen LogP contribution in [-0.2, 0) is 11.2 Å². The quantitative estimate of drug-likeness (QED) is 0.707. The van der Waals surface area contributed by atoms with Gasteiger partial charge in [-0.3, -0.25) is 0 Å². The maximum absolute atomic E-state index is 12.0. The number of anilines is 4. The summed E-state index contributed by atoms with van der Waals surface area (Å²) in [5, 5.41) is 3.21. The van der Waals surface area contributed by atoms with E-state index in [9.17, 15) is 4.79 Å². The van der Waals surface area contributed by atoms with E-state index in [0.29, 0.717) is 23.1 Å². The second-order valence-electron chi connectivity index (χ2n) is 6.48. The molecule has 1 aliphatic rings. The molecule has 1 aromatic heterocycles. The van der Waals surface area contributed by atoms with Gasteiger partial charge in [0, 0.05) is 17.8 Å². The normalized spacial score (nSPS) is 15.3. The van der Waals surface area contributed by atoms with Gasteiger partial charge < -0.3 is 15.0 Å². The van der Waals surface area contributed by atoms with E-state index in [0.717, 1.165) is 12.2 Å². The molecule has 0 bridgehead atoms. The monoisotopic (exact) mass is 360 g/mol. The van der Waals surface area contributed by atoms with Gasteiger partial charge in [0.15, 0.2) is 0 Å². The van der Waals surface area contributed by atoms with E-state index < -0.39 is 5.97 Å². The molecule has 2 heterocycles. The molecule has 1 atom stereocenters. The topological polar surface area (TPSA) is 67.3 Å². The van der Waals surface area contributed by atoms with E-state index in [2.05, 4.69) is 45.3 Å². The van der Waals surface area contributed by atoms with Crippen molar-refractivity contribution in [3.05, 3.63) is 72.1 Å². The predicted molar refractivity (Wildman–Crippen MR) is 105 cm³/mol. The summed E-state index contributed by atoms with van der Waals surface area (Å²) < 4.78 is 4.85. The summed E-state index contributed by atoms with van der Waals surface area (Å²) in [4.78, 5) is 23.0. The molecule has 136 valence electrons. The average Bonchev–Trinajstić information content (AvgIpc) is 3.03. The summed E-state index contributed by atoms with van der Waals surface area (Å²) >= 11 is 0. The lowest BCUT2D eigenvalue weighted by atomic mass is 10.1. The Balaban J connectivity index is 1.66. The number of benzene rings is 2. The molecule has 0 spiro atoms. The van der Waals surface area contributed by atoms with Crippen molar-refractivity contribution in [2.45, 2.75) is 19.4 Å². The number of rotatable bonds is 4. The number of carbonyl (C=O) groups excluding carboxylic acids is 1. The van der Waals surface area contributed by atoms with Crippen molar-refractivity contribution in [3.8, 4) is 0 Å². The average molecular weight is 360 g/mol. The summed E-state index contributed by atoms with van der Waals surface area (Å²) in [7, 11) is 1.37. The fourth-order valence-corrected chi connectivity index (χ4v) is 3.48. The van der Waals surface area contributed by atoms with Crippen molar-refractivity contribution in [1.82, 2.24) is 9.97 Å². The fraction of sp³-hybridized carbons (Fsp3) is 0.190. The van der Waals surface area contributed by atoms with Crippen LogP contribution in [-0.4, -0.2) is 29.1 Å². The summed E-state index contributed by atoms with van der Waals surface area (Å²) in [6.45, 7) is 2.18. The molecule has 3 aromatic rings. The Morgan fingerprint density at radius 1 is 1.15 bits per heavy atom. The number of hydrogen-bond acceptors (Lipinski definition) is 6. The molecule has 0 aliphatic carbocycles. The van der Waals surface area contributed by atoms with Gasteiger partial charge in [0.1, 0.15) is 18.0 Å². The Bertz CT molecular complexity index is 989. The molecule has 0 fully saturated rings. The number of fused-ring (bicyclic) bond motifs is 1. The molecule has 1 aliphatic heterocycles. The first-order valence-electron chi connectivity index (χ1n) is 8.81. The lowest BCUT2D eigenvalue weighted by Crippen LogP contribution is -2.25. The Labute approximate surface area is 157 Å². The van der Waals surface area contributed by atoms with Crippen molar-refractivity contribution < 1.29 is 9.53 Å². The number of carbonyl (C=O) groups is 1. The first-order chi connectivity index (χ1) is 13.2. The van der Waals surface area contributed by atoms with Crippen molar-refractivity contribution in [2.75, 3.05) is 17.3 Å². The lowest BCUT2D eigenvalue weighted by Gasteiger charge is -2.24. The SMILES string of the molecule is COC(=O)c1ccccc1Nc1cc(N2c3ccccc3CC2C)ncn1. The fourth-order valence-electron chi connectivity index (χ4n) is 3.48. The van der Waals surface area contributed by atoms with Crippen LogP contribution in [0, 0.1) is 0 Å². The summed E-state index contributed by atoms with van der Waals surface area (Å²) in [5.41, 5.74) is 3.59. The van der Waals surface area contributed by atoms with E-state index in [1.807, 2.05) is 24.3 Å². The van der Waals surface area contributed by atoms with Gasteiger partial charge in [-0.25, -0.2) is 14.8 Å². The number of aromatic nitrogens is 2. The van der Waals surface area contributed by atoms with Crippen molar-refractivity contribution >= 4 is 29.0 Å². The van der Waals surface area contributed by atoms with E-state index >= 15 is 0 Å². The van der Waals surface area contributed by atoms with Crippen LogP contribution in [0.2, 0.25) is 0 Å². The molecular weight excluding hydrogens is 340 g/mol. The largest absolute Gasteiger partial charge is 0.465 e. The van der Waals surface area contributed by atoms with Gasteiger partial charge in [-0.15, -0.1) is 0 Å². The van der Waals surface area contributed by atoms with Crippen LogP contribution in [0.25, 0.3) is 0 Å². The number of nitrogens with one attached hydrogen (secondary N) is 1. The molecule has 6 heteroatoms. The third-order valence-corrected chi connectivity index (χ3v) is 4.70. The van der Waals surface area contributed by atoms with E-state index in [-0.39, 0.29) is 0 Å². The maximum atomic E-state index is 12.0. The number of para-hydroxylation sites is 2. The minimum absolute atomic E-state index is 0.313. The maximum Gasteiger partial charge on any atom is 0.339 e. The first kappa shape index (κ1) is 17.0. The van der Waals surface area contributed by atoms with Crippen LogP contribution < -0.4 is 10.2 Å². The second-order valence-corrected chi connectivity index (χ2v) is 6.48. The number of ether oxygens (including phenoxy) is 1. The Morgan fingerprint density at radius 3 is 2.78 bits per heavy atom. The number of methoxy groups -OCH3 is 1. The van der Waals surface area contributed by atoms with Gasteiger partial charge in [0.25, 0.3) is 0 Å². The van der Waals surface area contributed by atoms with Crippen LogP contribution in [0.5, 0.6) is 0 Å². The Kier molecular flexibility index (Phi) is 4.46. The predicted octanol–water partition coefficient (Wildman–Crippen LogP) is 4.09. The zero-order valence-corrected chi connectivity index (χ0v) is 15.2. The van der Waals surface area contributed by atoms with Gasteiger partial charge in [0.05, 0.1) is 18.4 Å². The van der Waals surface area contributed by atoms with Gasteiger partial charge in [-0.1, -0.05) is 30.3 Å². The van der Waals surface area contributed by atoms with E-state index in [1.54, 1.807) is 12.1 Å². The molecule has 0 amide bonds. The first-order valence-corrected chi connectivity index (χ1v) is 8.81. The molecule has 4 rings (SSSR count). The number of esters is 1. The minimum atomic E-state index is -0.394. The smallest absolute Gasteiger partial charge is 0.339 e. The van der Waals surface area contributed by atoms with E-state index in [4.69, 9.17) is 4.74 Å². The molecular formula is C21H20N4O2. The molecule has 2 aromatic carbocycles. The van der Waals surface area contributed by atoms with Crippen LogP contribution in [0.15, 0.2) is 60.9 Å². The van der Waals surface area contributed by atoms with Gasteiger partial charge in [-0.2, -0.15) is 0 Å². The Hall–Kier alpha value is -3.41. The highest BCUT2D eigenvalue weighted by Crippen LogP contribution is 2.37. The molecule has 0 saturated carbocycles. The highest BCUT2D eigenvalue weighted by molar-refractivity contribution is 5.96. The van der Waals surface area contributed by atoms with Gasteiger partial charge >= 0.3 is 5.97 Å². The molecule has 0 radical (unpaired) electrons. The van der Waals surface area contributed by atoms with Gasteiger partial charge in [0.2, 0.25) is 0 Å². The summed E-state index contributed by atoms with van der Waals surface area (Å²) in [6, 6.07) is 17.8. The zero-order valence-electron chi connectivity index (χ0n) is 15.2. The molecule has 1 unspecified atom stereocenters. The summed E-state index contributed by atoms with van der Waals surface area (Å²) in [6.07, 6.45) is 2.51. The third kappa shape index (κ3) is 3.21. The number of nitrogens with zero attached hydrogens (tertiary/aromatic N) is 3.